The Morgan fingerprint density at radius 1 is 1.32 bits per heavy atom. The average molecular weight is 256 g/mol. The zero-order valence-corrected chi connectivity index (χ0v) is 11.7. The lowest BCUT2D eigenvalue weighted by Gasteiger charge is -2.36. The Bertz CT molecular complexity index is 581. The van der Waals surface area contributed by atoms with Crippen molar-refractivity contribution < 1.29 is 9.90 Å². The minimum Gasteiger partial charge on any atom is -0.388 e. The van der Waals surface area contributed by atoms with Crippen LogP contribution in [0.2, 0.25) is 0 Å². The van der Waals surface area contributed by atoms with Crippen LogP contribution in [-0.4, -0.2) is 17.0 Å². The maximum absolute atomic E-state index is 12.3. The maximum Gasteiger partial charge on any atom is 0.165 e. The molecule has 2 unspecified atom stereocenters. The van der Waals surface area contributed by atoms with Crippen molar-refractivity contribution in [3.63, 3.8) is 0 Å². The molecule has 100 valence electrons. The van der Waals surface area contributed by atoms with Gasteiger partial charge >= 0.3 is 0 Å². The van der Waals surface area contributed by atoms with Crippen molar-refractivity contribution in [1.29, 1.82) is 0 Å². The van der Waals surface area contributed by atoms with Gasteiger partial charge in [-0.15, -0.1) is 0 Å². The maximum atomic E-state index is 12.3. The first-order valence-corrected chi connectivity index (χ1v) is 6.99. The molecule has 3 rings (SSSR count). The number of carbonyl (C=O) groups excluding carboxylic acids is 1. The SMILES string of the molecule is CC1CCc2c(ccc3c2C=CC(O)C3(C)C)C1=O. The molecule has 19 heavy (non-hydrogen) atoms. The molecule has 0 bridgehead atoms. The molecule has 0 spiro atoms. The van der Waals surface area contributed by atoms with Crippen LogP contribution in [0.5, 0.6) is 0 Å². The number of carbonyl (C=O) groups is 1. The van der Waals surface area contributed by atoms with Crippen LogP contribution in [0.15, 0.2) is 18.2 Å². The van der Waals surface area contributed by atoms with Gasteiger partial charge in [0.25, 0.3) is 0 Å². The number of rotatable bonds is 0. The first-order valence-electron chi connectivity index (χ1n) is 6.99. The second kappa shape index (κ2) is 4.04. The van der Waals surface area contributed by atoms with E-state index < -0.39 is 6.10 Å². The molecule has 2 aliphatic rings. The topological polar surface area (TPSA) is 37.3 Å². The molecule has 0 amide bonds. The number of aliphatic hydroxyl groups is 1. The minimum absolute atomic E-state index is 0.136. The van der Waals surface area contributed by atoms with Crippen molar-refractivity contribution in [2.45, 2.75) is 45.1 Å². The number of Topliss-reactive ketones (excluding diaryl/α,β-unsaturated/α-hetero) is 1. The number of hydrogen-bond acceptors (Lipinski definition) is 2. The smallest absolute Gasteiger partial charge is 0.165 e. The second-order valence-electron chi connectivity index (χ2n) is 6.38. The monoisotopic (exact) mass is 256 g/mol. The largest absolute Gasteiger partial charge is 0.388 e. The van der Waals surface area contributed by atoms with Crippen LogP contribution in [0.25, 0.3) is 6.08 Å². The summed E-state index contributed by atoms with van der Waals surface area (Å²) >= 11 is 0. The minimum atomic E-state index is -0.462. The third-order valence-electron chi connectivity index (χ3n) is 4.78. The van der Waals surface area contributed by atoms with Crippen LogP contribution >= 0.6 is 0 Å². The molecule has 0 radical (unpaired) electrons. The van der Waals surface area contributed by atoms with Crippen LogP contribution in [0.3, 0.4) is 0 Å². The van der Waals surface area contributed by atoms with E-state index in [2.05, 4.69) is 13.8 Å². The summed E-state index contributed by atoms with van der Waals surface area (Å²) in [6.07, 6.45) is 5.27. The molecular weight excluding hydrogens is 236 g/mol. The van der Waals surface area contributed by atoms with Crippen molar-refractivity contribution in [3.05, 3.63) is 40.5 Å². The molecule has 0 saturated carbocycles. The van der Waals surface area contributed by atoms with E-state index in [0.29, 0.717) is 0 Å². The van der Waals surface area contributed by atoms with Gasteiger partial charge in [-0.05, 0) is 29.5 Å². The molecule has 0 aliphatic heterocycles. The molecule has 2 heteroatoms. The van der Waals surface area contributed by atoms with E-state index >= 15 is 0 Å². The molecule has 0 heterocycles. The third kappa shape index (κ3) is 1.70. The Labute approximate surface area is 114 Å². The van der Waals surface area contributed by atoms with Gasteiger partial charge in [-0.2, -0.15) is 0 Å². The van der Waals surface area contributed by atoms with Crippen LogP contribution < -0.4 is 0 Å². The molecule has 2 aliphatic carbocycles. The highest BCUT2D eigenvalue weighted by atomic mass is 16.3. The Kier molecular flexibility index (Phi) is 2.68. The molecule has 2 nitrogen and oxygen atoms in total. The number of hydrogen-bond donors (Lipinski definition) is 1. The summed E-state index contributed by atoms with van der Waals surface area (Å²) in [6, 6.07) is 3.98. The zero-order chi connectivity index (χ0) is 13.8. The van der Waals surface area contributed by atoms with E-state index in [-0.39, 0.29) is 17.1 Å². The molecule has 0 fully saturated rings. The van der Waals surface area contributed by atoms with E-state index in [9.17, 15) is 9.90 Å². The number of fused-ring (bicyclic) bond motifs is 3. The van der Waals surface area contributed by atoms with Crippen molar-refractivity contribution in [3.8, 4) is 0 Å². The second-order valence-corrected chi connectivity index (χ2v) is 6.38. The van der Waals surface area contributed by atoms with Gasteiger partial charge in [0.15, 0.2) is 5.78 Å². The number of benzene rings is 1. The van der Waals surface area contributed by atoms with Gasteiger partial charge in [0, 0.05) is 16.9 Å². The van der Waals surface area contributed by atoms with Crippen LogP contribution in [0, 0.1) is 5.92 Å². The predicted molar refractivity (Wildman–Crippen MR) is 76.3 cm³/mol. The fraction of sp³-hybridized carbons (Fsp3) is 0.471. The Morgan fingerprint density at radius 2 is 2.05 bits per heavy atom. The highest BCUT2D eigenvalue weighted by molar-refractivity contribution is 6.01. The lowest BCUT2D eigenvalue weighted by molar-refractivity contribution is 0.0913. The van der Waals surface area contributed by atoms with Crippen molar-refractivity contribution in [2.24, 2.45) is 5.92 Å². The zero-order valence-electron chi connectivity index (χ0n) is 11.7. The van der Waals surface area contributed by atoms with Crippen molar-refractivity contribution in [2.75, 3.05) is 0 Å². The quantitative estimate of drug-likeness (QED) is 0.774. The van der Waals surface area contributed by atoms with E-state index in [1.165, 1.54) is 5.56 Å². The molecule has 2 atom stereocenters. The molecular formula is C17H20O2. The standard InChI is InChI=1S/C17H20O2/c1-10-4-5-11-12-7-9-15(18)17(2,3)14(12)8-6-13(11)16(10)19/h6-10,15,18H,4-5H2,1-3H3. The first kappa shape index (κ1) is 12.6. The summed E-state index contributed by atoms with van der Waals surface area (Å²) in [6.45, 7) is 6.12. The van der Waals surface area contributed by atoms with Gasteiger partial charge < -0.3 is 5.11 Å². The van der Waals surface area contributed by atoms with E-state index in [0.717, 1.165) is 29.5 Å². The summed E-state index contributed by atoms with van der Waals surface area (Å²) in [5.41, 5.74) is 4.09. The summed E-state index contributed by atoms with van der Waals surface area (Å²) in [5, 5.41) is 10.1. The fourth-order valence-corrected chi connectivity index (χ4v) is 3.26. The highest BCUT2D eigenvalue weighted by Crippen LogP contribution is 2.40. The average Bonchev–Trinajstić information content (AvgIpc) is 2.38. The predicted octanol–water partition coefficient (Wildman–Crippen LogP) is 3.12. The van der Waals surface area contributed by atoms with Crippen LogP contribution in [0.1, 0.15) is 54.2 Å². The van der Waals surface area contributed by atoms with Gasteiger partial charge in [0.1, 0.15) is 0 Å². The van der Waals surface area contributed by atoms with Gasteiger partial charge in [-0.1, -0.05) is 45.1 Å². The molecule has 1 aromatic rings. The Morgan fingerprint density at radius 3 is 2.79 bits per heavy atom. The number of ketones is 1. The van der Waals surface area contributed by atoms with E-state index in [1.54, 1.807) is 0 Å². The van der Waals surface area contributed by atoms with Gasteiger partial charge in [0.05, 0.1) is 6.10 Å². The van der Waals surface area contributed by atoms with Gasteiger partial charge in [-0.3, -0.25) is 4.79 Å². The molecule has 1 aromatic carbocycles. The summed E-state index contributed by atoms with van der Waals surface area (Å²) < 4.78 is 0. The van der Waals surface area contributed by atoms with Crippen LogP contribution in [-0.2, 0) is 11.8 Å². The summed E-state index contributed by atoms with van der Waals surface area (Å²) in [5.74, 6) is 0.401. The van der Waals surface area contributed by atoms with Crippen molar-refractivity contribution >= 4 is 11.9 Å². The lowest BCUT2D eigenvalue weighted by atomic mass is 9.70. The number of aliphatic hydroxyl groups excluding tert-OH is 1. The van der Waals surface area contributed by atoms with Gasteiger partial charge in [-0.25, -0.2) is 0 Å². The van der Waals surface area contributed by atoms with Crippen molar-refractivity contribution in [1.82, 2.24) is 0 Å². The summed E-state index contributed by atoms with van der Waals surface area (Å²) in [7, 11) is 0. The highest BCUT2D eigenvalue weighted by Gasteiger charge is 2.35. The summed E-state index contributed by atoms with van der Waals surface area (Å²) in [4.78, 5) is 12.3. The fourth-order valence-electron chi connectivity index (χ4n) is 3.26. The first-order chi connectivity index (χ1) is 8.93. The van der Waals surface area contributed by atoms with E-state index in [1.807, 2.05) is 31.2 Å². The Balaban J connectivity index is 2.22. The Hall–Kier alpha value is -1.41. The van der Waals surface area contributed by atoms with E-state index in [4.69, 9.17) is 0 Å². The normalized spacial score (nSPS) is 27.9. The lowest BCUT2D eigenvalue weighted by Crippen LogP contribution is -2.36. The van der Waals surface area contributed by atoms with Gasteiger partial charge in [0.2, 0.25) is 0 Å². The molecule has 0 aromatic heterocycles. The third-order valence-corrected chi connectivity index (χ3v) is 4.78. The molecule has 1 N–H and O–H groups in total. The van der Waals surface area contributed by atoms with Crippen LogP contribution in [0.4, 0.5) is 0 Å². The molecule has 0 saturated heterocycles.